The minimum absolute atomic E-state index is 0.258. The maximum atomic E-state index is 14.3. The zero-order valence-corrected chi connectivity index (χ0v) is 13.9. The van der Waals surface area contributed by atoms with Gasteiger partial charge in [-0.3, -0.25) is 4.79 Å². The molecule has 0 saturated heterocycles. The summed E-state index contributed by atoms with van der Waals surface area (Å²) in [5.41, 5.74) is 3.79. The highest BCUT2D eigenvalue weighted by Gasteiger charge is 2.59. The van der Waals surface area contributed by atoms with E-state index in [1.54, 1.807) is 0 Å². The van der Waals surface area contributed by atoms with Crippen LogP contribution >= 0.6 is 0 Å². The normalized spacial score (nSPS) is 30.4. The van der Waals surface area contributed by atoms with E-state index in [-0.39, 0.29) is 18.6 Å². The number of alkyl halides is 3. The molecular formula is C15H16F3NO5S. The van der Waals surface area contributed by atoms with Gasteiger partial charge in [0.1, 0.15) is 18.0 Å². The molecule has 138 valence electrons. The Kier molecular flexibility index (Phi) is 4.03. The summed E-state index contributed by atoms with van der Waals surface area (Å²) in [4.78, 5) is 10.4. The third-order valence-electron chi connectivity index (χ3n) is 4.63. The Morgan fingerprint density at radius 3 is 2.44 bits per heavy atom. The van der Waals surface area contributed by atoms with Gasteiger partial charge in [0.25, 0.3) is 0 Å². The van der Waals surface area contributed by atoms with Crippen molar-refractivity contribution < 1.29 is 36.2 Å². The molecule has 3 N–H and O–H groups in total. The Bertz CT molecular complexity index is 836. The van der Waals surface area contributed by atoms with Crippen molar-refractivity contribution in [2.24, 2.45) is 11.7 Å². The molecule has 10 heteroatoms. The van der Waals surface area contributed by atoms with Crippen LogP contribution in [0.25, 0.3) is 0 Å². The van der Waals surface area contributed by atoms with Crippen molar-refractivity contribution in [1.82, 2.24) is 0 Å². The van der Waals surface area contributed by atoms with Crippen LogP contribution in [-0.4, -0.2) is 37.7 Å². The molecule has 0 heterocycles. The van der Waals surface area contributed by atoms with Crippen molar-refractivity contribution in [2.45, 2.75) is 42.0 Å². The highest BCUT2D eigenvalue weighted by Crippen LogP contribution is 2.57. The smallest absolute Gasteiger partial charge is 0.312 e. The number of hydrogen-bond acceptors (Lipinski definition) is 5. The standard InChI is InChI=1S/C15H16F3NO5S/c1-25(22,23)9-3-2-8(24-7-4-6(5-7)14(19)21)10-11(9)13(20)15(17,18)12(10)16/h2-3,6-7,12-13,20H,4-5H2,1H3,(H2,19,21)/t6-,7+,12-,13+/m1/s1. The summed E-state index contributed by atoms with van der Waals surface area (Å²) in [5.74, 6) is -5.35. The number of sulfone groups is 1. The van der Waals surface area contributed by atoms with Crippen molar-refractivity contribution in [1.29, 1.82) is 0 Å². The number of carbonyl (C=O) groups excluding carboxylic acids is 1. The number of primary amides is 1. The maximum Gasteiger partial charge on any atom is 0.312 e. The molecule has 0 bridgehead atoms. The van der Waals surface area contributed by atoms with Gasteiger partial charge in [-0.15, -0.1) is 0 Å². The molecule has 2 aliphatic carbocycles. The molecule has 0 unspecified atom stereocenters. The second-order valence-electron chi connectivity index (χ2n) is 6.41. The molecule has 0 radical (unpaired) electrons. The summed E-state index contributed by atoms with van der Waals surface area (Å²) >= 11 is 0. The fourth-order valence-corrected chi connectivity index (χ4v) is 4.10. The number of nitrogens with two attached hydrogens (primary N) is 1. The Balaban J connectivity index is 2.02. The lowest BCUT2D eigenvalue weighted by atomic mass is 9.82. The van der Waals surface area contributed by atoms with Gasteiger partial charge in [-0.2, -0.15) is 8.78 Å². The van der Waals surface area contributed by atoms with E-state index in [9.17, 15) is 31.5 Å². The first-order chi connectivity index (χ1) is 11.4. The quantitative estimate of drug-likeness (QED) is 0.823. The molecule has 6 nitrogen and oxygen atoms in total. The van der Waals surface area contributed by atoms with E-state index in [1.807, 2.05) is 0 Å². The number of fused-ring (bicyclic) bond motifs is 1. The van der Waals surface area contributed by atoms with E-state index in [0.717, 1.165) is 18.4 Å². The van der Waals surface area contributed by atoms with E-state index < -0.39 is 62.0 Å². The molecule has 0 aliphatic heterocycles. The Morgan fingerprint density at radius 1 is 1.32 bits per heavy atom. The summed E-state index contributed by atoms with van der Waals surface area (Å²) in [6.45, 7) is 0. The maximum absolute atomic E-state index is 14.3. The SMILES string of the molecule is CS(=O)(=O)c1ccc(O[C@H]2C[C@@H](C(N)=O)C2)c2c1[C@H](O)C(F)(F)[C@@H]2F. The molecule has 1 amide bonds. The van der Waals surface area contributed by atoms with E-state index in [1.165, 1.54) is 0 Å². The van der Waals surface area contributed by atoms with E-state index in [4.69, 9.17) is 10.5 Å². The first-order valence-electron chi connectivity index (χ1n) is 7.47. The fraction of sp³-hybridized carbons (Fsp3) is 0.533. The van der Waals surface area contributed by atoms with Gasteiger partial charge in [-0.05, 0) is 25.0 Å². The van der Waals surface area contributed by atoms with Gasteiger partial charge in [0.15, 0.2) is 16.0 Å². The van der Waals surface area contributed by atoms with Crippen molar-refractivity contribution >= 4 is 15.7 Å². The Hall–Kier alpha value is -1.81. The van der Waals surface area contributed by atoms with E-state index >= 15 is 0 Å². The average Bonchev–Trinajstić information content (AvgIpc) is 2.62. The van der Waals surface area contributed by atoms with Crippen LogP contribution in [-0.2, 0) is 14.6 Å². The highest BCUT2D eigenvalue weighted by atomic mass is 32.2. The lowest BCUT2D eigenvalue weighted by Gasteiger charge is -2.34. The Morgan fingerprint density at radius 2 is 1.92 bits per heavy atom. The fourth-order valence-electron chi connectivity index (χ4n) is 3.16. The first kappa shape index (κ1) is 18.0. The van der Waals surface area contributed by atoms with Crippen LogP contribution in [0.3, 0.4) is 0 Å². The first-order valence-corrected chi connectivity index (χ1v) is 9.36. The number of carbonyl (C=O) groups is 1. The monoisotopic (exact) mass is 379 g/mol. The minimum atomic E-state index is -4.17. The number of aliphatic hydroxyl groups is 1. The van der Waals surface area contributed by atoms with Crippen LogP contribution in [0.2, 0.25) is 0 Å². The van der Waals surface area contributed by atoms with Gasteiger partial charge in [0.2, 0.25) is 5.91 Å². The number of aliphatic hydroxyl groups excluding tert-OH is 1. The van der Waals surface area contributed by atoms with Crippen LogP contribution in [0.4, 0.5) is 13.2 Å². The zero-order chi connectivity index (χ0) is 18.7. The van der Waals surface area contributed by atoms with E-state index in [2.05, 4.69) is 0 Å². The van der Waals surface area contributed by atoms with Gasteiger partial charge in [-0.25, -0.2) is 12.8 Å². The molecule has 2 aliphatic rings. The van der Waals surface area contributed by atoms with Gasteiger partial charge >= 0.3 is 5.92 Å². The predicted octanol–water partition coefficient (Wildman–Crippen LogP) is 1.43. The summed E-state index contributed by atoms with van der Waals surface area (Å²) in [6.07, 6.45) is -4.72. The van der Waals surface area contributed by atoms with Crippen LogP contribution < -0.4 is 10.5 Å². The molecule has 25 heavy (non-hydrogen) atoms. The van der Waals surface area contributed by atoms with Gasteiger partial charge in [-0.1, -0.05) is 0 Å². The molecule has 2 atom stereocenters. The molecule has 1 saturated carbocycles. The highest BCUT2D eigenvalue weighted by molar-refractivity contribution is 7.90. The second-order valence-corrected chi connectivity index (χ2v) is 8.40. The second kappa shape index (κ2) is 5.60. The third kappa shape index (κ3) is 2.77. The largest absolute Gasteiger partial charge is 0.490 e. The van der Waals surface area contributed by atoms with Gasteiger partial charge in [0, 0.05) is 23.3 Å². The number of benzene rings is 1. The number of rotatable bonds is 4. The lowest BCUT2D eigenvalue weighted by molar-refractivity contribution is -0.144. The van der Waals surface area contributed by atoms with Crippen LogP contribution in [0, 0.1) is 5.92 Å². The van der Waals surface area contributed by atoms with Crippen molar-refractivity contribution in [3.05, 3.63) is 23.3 Å². The third-order valence-corrected chi connectivity index (χ3v) is 5.78. The molecule has 0 spiro atoms. The summed E-state index contributed by atoms with van der Waals surface area (Å²) in [7, 11) is -3.97. The summed E-state index contributed by atoms with van der Waals surface area (Å²) in [6, 6.07) is 2.10. The topological polar surface area (TPSA) is 107 Å². The van der Waals surface area contributed by atoms with Gasteiger partial charge in [0.05, 0.1) is 4.90 Å². The summed E-state index contributed by atoms with van der Waals surface area (Å²) < 4.78 is 71.2. The number of halogens is 3. The zero-order valence-electron chi connectivity index (χ0n) is 13.1. The summed E-state index contributed by atoms with van der Waals surface area (Å²) in [5, 5.41) is 9.80. The molecule has 1 fully saturated rings. The predicted molar refractivity (Wildman–Crippen MR) is 79.6 cm³/mol. The van der Waals surface area contributed by atoms with Gasteiger partial charge < -0.3 is 15.6 Å². The van der Waals surface area contributed by atoms with Crippen molar-refractivity contribution in [2.75, 3.05) is 6.26 Å². The molecule has 0 aromatic heterocycles. The molecule has 1 aromatic carbocycles. The van der Waals surface area contributed by atoms with Crippen LogP contribution in [0.1, 0.15) is 36.2 Å². The van der Waals surface area contributed by atoms with Crippen LogP contribution in [0.5, 0.6) is 5.75 Å². The van der Waals surface area contributed by atoms with Crippen molar-refractivity contribution in [3.63, 3.8) is 0 Å². The number of ether oxygens (including phenoxy) is 1. The average molecular weight is 379 g/mol. The lowest BCUT2D eigenvalue weighted by Crippen LogP contribution is -2.41. The number of amides is 1. The van der Waals surface area contributed by atoms with Crippen LogP contribution in [0.15, 0.2) is 17.0 Å². The molecule has 3 rings (SSSR count). The number of hydrogen-bond donors (Lipinski definition) is 2. The molecular weight excluding hydrogens is 363 g/mol. The van der Waals surface area contributed by atoms with E-state index in [0.29, 0.717) is 0 Å². The minimum Gasteiger partial charge on any atom is -0.490 e. The Labute approximate surface area is 141 Å². The van der Waals surface area contributed by atoms with Crippen molar-refractivity contribution in [3.8, 4) is 5.75 Å². The molecule has 1 aromatic rings.